The van der Waals surface area contributed by atoms with Gasteiger partial charge in [-0.15, -0.1) is 0 Å². The standard InChI is InChI=1S/C17H17F3N2O6S/c1-16(2)11(14(24)28-8-9-6-4-3-5-7-9)22-12(23)10(13(22)29(16,26)27)21-15(25)17(18,19)20/h3-7,10-11,13H,8H2,1-2H3,(H,21,25)/t10-,11-,13+/m0/s1. The topological polar surface area (TPSA) is 110 Å². The number of alkyl halides is 3. The van der Waals surface area contributed by atoms with Gasteiger partial charge in [-0.1, -0.05) is 30.3 Å². The Hall–Kier alpha value is -2.63. The summed E-state index contributed by atoms with van der Waals surface area (Å²) >= 11 is 0. The SMILES string of the molecule is CC1(C)[C@H](C(=O)OCc2ccccc2)N2C(=O)[C@H](NC(=O)C(F)(F)F)[C@H]2S1(=O)=O. The van der Waals surface area contributed by atoms with Gasteiger partial charge in [0.15, 0.2) is 15.2 Å². The van der Waals surface area contributed by atoms with Gasteiger partial charge >= 0.3 is 18.1 Å². The first-order chi connectivity index (χ1) is 13.3. The van der Waals surface area contributed by atoms with E-state index in [1.165, 1.54) is 19.2 Å². The molecular formula is C17H17F3N2O6S. The number of benzene rings is 1. The van der Waals surface area contributed by atoms with Gasteiger partial charge in [0.2, 0.25) is 5.91 Å². The molecule has 158 valence electrons. The molecule has 0 bridgehead atoms. The molecule has 0 saturated carbocycles. The zero-order valence-electron chi connectivity index (χ0n) is 15.3. The average Bonchev–Trinajstić information content (AvgIpc) is 2.78. The van der Waals surface area contributed by atoms with Crippen LogP contribution in [0.25, 0.3) is 0 Å². The molecule has 0 radical (unpaired) electrons. The number of rotatable bonds is 4. The van der Waals surface area contributed by atoms with Gasteiger partial charge in [0.05, 0.1) is 0 Å². The van der Waals surface area contributed by atoms with Gasteiger partial charge in [-0.05, 0) is 19.4 Å². The lowest BCUT2D eigenvalue weighted by atomic mass is 9.96. The van der Waals surface area contributed by atoms with Gasteiger partial charge in [0.25, 0.3) is 0 Å². The van der Waals surface area contributed by atoms with Crippen molar-refractivity contribution in [2.75, 3.05) is 0 Å². The van der Waals surface area contributed by atoms with E-state index >= 15 is 0 Å². The Morgan fingerprint density at radius 1 is 1.21 bits per heavy atom. The number of sulfone groups is 1. The largest absolute Gasteiger partial charge is 0.471 e. The number of amides is 2. The van der Waals surface area contributed by atoms with Crippen LogP contribution in [-0.2, 0) is 35.6 Å². The first kappa shape index (κ1) is 21.1. The van der Waals surface area contributed by atoms with Crippen molar-refractivity contribution in [3.63, 3.8) is 0 Å². The van der Waals surface area contributed by atoms with E-state index in [-0.39, 0.29) is 6.61 Å². The maximum atomic E-state index is 12.8. The Kier molecular flexibility index (Phi) is 4.88. The molecule has 0 spiro atoms. The molecule has 0 unspecified atom stereocenters. The fourth-order valence-electron chi connectivity index (χ4n) is 3.45. The maximum Gasteiger partial charge on any atom is 0.471 e. The van der Waals surface area contributed by atoms with Crippen LogP contribution in [0.4, 0.5) is 13.2 Å². The van der Waals surface area contributed by atoms with E-state index in [9.17, 15) is 36.0 Å². The smallest absolute Gasteiger partial charge is 0.459 e. The van der Waals surface area contributed by atoms with Crippen molar-refractivity contribution in [3.05, 3.63) is 35.9 Å². The number of esters is 1. The van der Waals surface area contributed by atoms with E-state index < -0.39 is 56.0 Å². The monoisotopic (exact) mass is 434 g/mol. The van der Waals surface area contributed by atoms with E-state index in [0.717, 1.165) is 0 Å². The molecule has 3 rings (SSSR count). The fraction of sp³-hybridized carbons (Fsp3) is 0.471. The minimum Gasteiger partial charge on any atom is -0.459 e. The normalized spacial score (nSPS) is 27.0. The van der Waals surface area contributed by atoms with Gasteiger partial charge in [-0.25, -0.2) is 13.2 Å². The van der Waals surface area contributed by atoms with Crippen molar-refractivity contribution in [1.82, 2.24) is 10.2 Å². The highest BCUT2D eigenvalue weighted by Gasteiger charge is 2.73. The summed E-state index contributed by atoms with van der Waals surface area (Å²) in [6.07, 6.45) is -5.29. The molecule has 0 aliphatic carbocycles. The second kappa shape index (κ2) is 6.71. The molecule has 2 fully saturated rings. The molecular weight excluding hydrogens is 417 g/mol. The molecule has 0 aromatic heterocycles. The Morgan fingerprint density at radius 3 is 2.34 bits per heavy atom. The van der Waals surface area contributed by atoms with Gasteiger partial charge in [-0.2, -0.15) is 13.2 Å². The molecule has 12 heteroatoms. The maximum absolute atomic E-state index is 12.8. The molecule has 2 aliphatic heterocycles. The van der Waals surface area contributed by atoms with E-state index in [1.807, 2.05) is 0 Å². The number of ether oxygens (including phenoxy) is 1. The van der Waals surface area contributed by atoms with Crippen molar-refractivity contribution in [2.24, 2.45) is 0 Å². The third-order valence-corrected chi connectivity index (χ3v) is 7.88. The molecule has 3 atom stereocenters. The fourth-order valence-corrected chi connectivity index (χ4v) is 5.66. The second-order valence-corrected chi connectivity index (χ2v) is 9.85. The van der Waals surface area contributed by atoms with Crippen LogP contribution in [0.2, 0.25) is 0 Å². The van der Waals surface area contributed by atoms with E-state index in [2.05, 4.69) is 0 Å². The lowest BCUT2D eigenvalue weighted by molar-refractivity contribution is -0.179. The highest BCUT2D eigenvalue weighted by molar-refractivity contribution is 7.94. The van der Waals surface area contributed by atoms with Gasteiger partial charge in [-0.3, -0.25) is 9.59 Å². The van der Waals surface area contributed by atoms with Crippen molar-refractivity contribution < 1.29 is 40.7 Å². The minimum absolute atomic E-state index is 0.173. The number of nitrogens with zero attached hydrogens (tertiary/aromatic N) is 1. The number of fused-ring (bicyclic) bond motifs is 1. The molecule has 1 N–H and O–H groups in total. The zero-order chi connectivity index (χ0) is 21.8. The summed E-state index contributed by atoms with van der Waals surface area (Å²) in [6.45, 7) is 2.20. The second-order valence-electron chi connectivity index (χ2n) is 7.23. The lowest BCUT2D eigenvalue weighted by Gasteiger charge is -2.43. The number of β-lactam (4-membered cyclic amide) rings is 1. The molecule has 2 amide bonds. The highest BCUT2D eigenvalue weighted by atomic mass is 32.2. The van der Waals surface area contributed by atoms with Crippen molar-refractivity contribution >= 4 is 27.6 Å². The van der Waals surface area contributed by atoms with Crippen LogP contribution in [0.1, 0.15) is 19.4 Å². The van der Waals surface area contributed by atoms with Gasteiger partial charge in [0, 0.05) is 0 Å². The van der Waals surface area contributed by atoms with Crippen LogP contribution in [0.15, 0.2) is 30.3 Å². The van der Waals surface area contributed by atoms with Gasteiger partial charge in [0.1, 0.15) is 23.4 Å². The Balaban J connectivity index is 1.83. The van der Waals surface area contributed by atoms with Crippen molar-refractivity contribution in [3.8, 4) is 0 Å². The molecule has 2 aliphatic rings. The lowest BCUT2D eigenvalue weighted by Crippen LogP contribution is -2.72. The Morgan fingerprint density at radius 2 is 1.79 bits per heavy atom. The number of hydrogen-bond donors (Lipinski definition) is 1. The molecule has 1 aromatic carbocycles. The first-order valence-corrected chi connectivity index (χ1v) is 9.98. The summed E-state index contributed by atoms with van der Waals surface area (Å²) in [6, 6.07) is 5.03. The van der Waals surface area contributed by atoms with Gasteiger partial charge < -0.3 is 15.0 Å². The minimum atomic E-state index is -5.29. The summed E-state index contributed by atoms with van der Waals surface area (Å²) in [7, 11) is -4.29. The van der Waals surface area contributed by atoms with Crippen LogP contribution in [0.3, 0.4) is 0 Å². The molecule has 8 nitrogen and oxygen atoms in total. The molecule has 1 aromatic rings. The van der Waals surface area contributed by atoms with Crippen LogP contribution in [0, 0.1) is 0 Å². The van der Waals surface area contributed by atoms with E-state index in [0.29, 0.717) is 10.5 Å². The zero-order valence-corrected chi connectivity index (χ0v) is 16.1. The number of hydrogen-bond acceptors (Lipinski definition) is 6. The van der Waals surface area contributed by atoms with E-state index in [4.69, 9.17) is 4.74 Å². The predicted octanol–water partition coefficient (Wildman–Crippen LogP) is 0.521. The predicted molar refractivity (Wildman–Crippen MR) is 91.6 cm³/mol. The van der Waals surface area contributed by atoms with Crippen LogP contribution >= 0.6 is 0 Å². The molecule has 2 heterocycles. The number of nitrogens with one attached hydrogen (secondary N) is 1. The first-order valence-electron chi connectivity index (χ1n) is 8.44. The van der Waals surface area contributed by atoms with Crippen LogP contribution in [0.5, 0.6) is 0 Å². The number of halogens is 3. The highest BCUT2D eigenvalue weighted by Crippen LogP contribution is 2.46. The van der Waals surface area contributed by atoms with E-state index in [1.54, 1.807) is 30.3 Å². The summed E-state index contributed by atoms with van der Waals surface area (Å²) in [5.41, 5.74) is 0.626. The third-order valence-electron chi connectivity index (χ3n) is 5.06. The molecule has 29 heavy (non-hydrogen) atoms. The van der Waals surface area contributed by atoms with Crippen molar-refractivity contribution in [2.45, 2.75) is 48.8 Å². The third kappa shape index (κ3) is 3.24. The Bertz CT molecular complexity index is 961. The average molecular weight is 434 g/mol. The quantitative estimate of drug-likeness (QED) is 0.547. The Labute approximate surface area is 163 Å². The summed E-state index contributed by atoms with van der Waals surface area (Å²) in [5, 5.41) is -0.371. The van der Waals surface area contributed by atoms with Crippen LogP contribution in [-0.4, -0.2) is 59.5 Å². The summed E-state index contributed by atoms with van der Waals surface area (Å²) < 4.78 is 66.4. The van der Waals surface area contributed by atoms with Crippen LogP contribution < -0.4 is 5.32 Å². The summed E-state index contributed by atoms with van der Waals surface area (Å²) in [4.78, 5) is 36.8. The number of carbonyl (C=O) groups excluding carboxylic acids is 3. The van der Waals surface area contributed by atoms with Crippen molar-refractivity contribution in [1.29, 1.82) is 0 Å². The number of carbonyl (C=O) groups is 3. The molecule has 2 saturated heterocycles. The summed E-state index contributed by atoms with van der Waals surface area (Å²) in [5.74, 6) is -4.53.